The van der Waals surface area contributed by atoms with Crippen LogP contribution in [0.5, 0.6) is 5.75 Å². The highest BCUT2D eigenvalue weighted by Crippen LogP contribution is 2.33. The van der Waals surface area contributed by atoms with E-state index < -0.39 is 11.8 Å². The Hall–Kier alpha value is -2.36. The van der Waals surface area contributed by atoms with E-state index in [2.05, 4.69) is 0 Å². The third-order valence-electron chi connectivity index (χ3n) is 2.81. The van der Waals surface area contributed by atoms with E-state index in [1.165, 1.54) is 18.2 Å². The van der Waals surface area contributed by atoms with Gasteiger partial charge in [-0.1, -0.05) is 12.1 Å². The molecule has 0 fully saturated rings. The molecule has 0 amide bonds. The minimum absolute atomic E-state index is 0.163. The number of phenolic OH excluding ortho intramolecular Hbond substituents is 1. The average Bonchev–Trinajstić information content (AvgIpc) is 2.30. The molecule has 0 aromatic heterocycles. The second kappa shape index (κ2) is 4.49. The Bertz CT molecular complexity index is 620. The highest BCUT2D eigenvalue weighted by atomic mass is 19.1. The summed E-state index contributed by atoms with van der Waals surface area (Å²) in [5, 5.41) is 18.7. The molecular weight excluding hydrogens is 235 g/mol. The van der Waals surface area contributed by atoms with Crippen molar-refractivity contribution in [1.82, 2.24) is 0 Å². The van der Waals surface area contributed by atoms with Gasteiger partial charge in [-0.3, -0.25) is 0 Å². The van der Waals surface area contributed by atoms with E-state index in [0.29, 0.717) is 16.7 Å². The Labute approximate surface area is 103 Å². The summed E-state index contributed by atoms with van der Waals surface area (Å²) in [6.07, 6.45) is 0. The lowest BCUT2D eigenvalue weighted by Gasteiger charge is -2.10. The number of phenols is 1. The van der Waals surface area contributed by atoms with Crippen LogP contribution in [0.2, 0.25) is 0 Å². The summed E-state index contributed by atoms with van der Waals surface area (Å²) in [6, 6.07) is 8.42. The maximum absolute atomic E-state index is 12.9. The number of hydrogen-bond donors (Lipinski definition) is 2. The van der Waals surface area contributed by atoms with Crippen LogP contribution in [0.15, 0.2) is 36.4 Å². The van der Waals surface area contributed by atoms with Gasteiger partial charge in [0.1, 0.15) is 11.6 Å². The number of benzene rings is 2. The maximum atomic E-state index is 12.9. The number of carboxylic acid groups (broad SMARTS) is 1. The van der Waals surface area contributed by atoms with Gasteiger partial charge in [0.25, 0.3) is 0 Å². The van der Waals surface area contributed by atoms with E-state index in [1.54, 1.807) is 19.1 Å². The van der Waals surface area contributed by atoms with Crippen LogP contribution < -0.4 is 0 Å². The van der Waals surface area contributed by atoms with Crippen LogP contribution in [-0.4, -0.2) is 16.2 Å². The number of rotatable bonds is 2. The highest BCUT2D eigenvalue weighted by molar-refractivity contribution is 5.92. The average molecular weight is 246 g/mol. The summed E-state index contributed by atoms with van der Waals surface area (Å²) in [6.45, 7) is 1.65. The number of carbonyl (C=O) groups is 1. The highest BCUT2D eigenvalue weighted by Gasteiger charge is 2.13. The number of aromatic carboxylic acids is 1. The van der Waals surface area contributed by atoms with Crippen molar-refractivity contribution in [2.24, 2.45) is 0 Å². The standard InChI is InChI=1S/C14H11FO3/c1-8-10(3-2-4-11(8)14(17)18)12-6-5-9(15)7-13(12)16/h2-7,16H,1H3,(H,17,18). The molecule has 2 rings (SSSR count). The minimum Gasteiger partial charge on any atom is -0.507 e. The summed E-state index contributed by atoms with van der Waals surface area (Å²) in [7, 11) is 0. The lowest BCUT2D eigenvalue weighted by atomic mass is 9.96. The molecule has 0 unspecified atom stereocenters. The Balaban J connectivity index is 2.64. The third kappa shape index (κ3) is 2.05. The Morgan fingerprint density at radius 3 is 2.50 bits per heavy atom. The number of hydrogen-bond acceptors (Lipinski definition) is 2. The molecule has 2 N–H and O–H groups in total. The molecule has 18 heavy (non-hydrogen) atoms. The van der Waals surface area contributed by atoms with Gasteiger partial charge in [-0.25, -0.2) is 9.18 Å². The summed E-state index contributed by atoms with van der Waals surface area (Å²) < 4.78 is 12.9. The maximum Gasteiger partial charge on any atom is 0.335 e. The van der Waals surface area contributed by atoms with E-state index in [1.807, 2.05) is 0 Å². The van der Waals surface area contributed by atoms with Crippen LogP contribution in [0.3, 0.4) is 0 Å². The summed E-state index contributed by atoms with van der Waals surface area (Å²) in [5.74, 6) is -1.78. The monoisotopic (exact) mass is 246 g/mol. The molecule has 0 spiro atoms. The number of aromatic hydroxyl groups is 1. The van der Waals surface area contributed by atoms with Crippen LogP contribution in [-0.2, 0) is 0 Å². The van der Waals surface area contributed by atoms with Gasteiger partial charge in [-0.15, -0.1) is 0 Å². The van der Waals surface area contributed by atoms with E-state index in [-0.39, 0.29) is 11.3 Å². The smallest absolute Gasteiger partial charge is 0.335 e. The first kappa shape index (κ1) is 12.1. The van der Waals surface area contributed by atoms with Crippen LogP contribution in [0.25, 0.3) is 11.1 Å². The molecule has 0 radical (unpaired) electrons. The van der Waals surface area contributed by atoms with Crippen molar-refractivity contribution in [3.8, 4) is 16.9 Å². The predicted molar refractivity (Wildman–Crippen MR) is 65.2 cm³/mol. The Morgan fingerprint density at radius 2 is 1.89 bits per heavy atom. The summed E-state index contributed by atoms with van der Waals surface area (Å²) in [4.78, 5) is 11.0. The van der Waals surface area contributed by atoms with Crippen molar-refractivity contribution in [3.05, 3.63) is 53.3 Å². The SMILES string of the molecule is Cc1c(C(=O)O)cccc1-c1ccc(F)cc1O. The number of halogens is 1. The van der Waals surface area contributed by atoms with Crippen molar-refractivity contribution in [3.63, 3.8) is 0 Å². The molecule has 0 aliphatic heterocycles. The van der Waals surface area contributed by atoms with Gasteiger partial charge in [0.05, 0.1) is 5.56 Å². The van der Waals surface area contributed by atoms with E-state index in [9.17, 15) is 14.3 Å². The van der Waals surface area contributed by atoms with Gasteiger partial charge in [0.15, 0.2) is 0 Å². The minimum atomic E-state index is -1.03. The van der Waals surface area contributed by atoms with Gasteiger partial charge in [-0.05, 0) is 36.2 Å². The van der Waals surface area contributed by atoms with Gasteiger partial charge >= 0.3 is 5.97 Å². The molecule has 2 aromatic rings. The molecular formula is C14H11FO3. The first-order valence-corrected chi connectivity index (χ1v) is 5.32. The van der Waals surface area contributed by atoms with Crippen LogP contribution >= 0.6 is 0 Å². The zero-order chi connectivity index (χ0) is 13.3. The molecule has 2 aromatic carbocycles. The van der Waals surface area contributed by atoms with Crippen molar-refractivity contribution in [2.45, 2.75) is 6.92 Å². The van der Waals surface area contributed by atoms with Crippen LogP contribution in [0, 0.1) is 12.7 Å². The molecule has 0 saturated heterocycles. The fourth-order valence-corrected chi connectivity index (χ4v) is 1.89. The number of carboxylic acids is 1. The van der Waals surface area contributed by atoms with Crippen molar-refractivity contribution >= 4 is 5.97 Å². The summed E-state index contributed by atoms with van der Waals surface area (Å²) >= 11 is 0. The first-order valence-electron chi connectivity index (χ1n) is 5.32. The van der Waals surface area contributed by atoms with Crippen molar-refractivity contribution in [1.29, 1.82) is 0 Å². The van der Waals surface area contributed by atoms with Crippen LogP contribution in [0.4, 0.5) is 4.39 Å². The summed E-state index contributed by atoms with van der Waals surface area (Å²) in [5.41, 5.74) is 1.69. The first-order chi connectivity index (χ1) is 8.50. The third-order valence-corrected chi connectivity index (χ3v) is 2.81. The largest absolute Gasteiger partial charge is 0.507 e. The van der Waals surface area contributed by atoms with Gasteiger partial charge in [-0.2, -0.15) is 0 Å². The van der Waals surface area contributed by atoms with Crippen LogP contribution in [0.1, 0.15) is 15.9 Å². The van der Waals surface area contributed by atoms with Gasteiger partial charge < -0.3 is 10.2 Å². The lowest BCUT2D eigenvalue weighted by Crippen LogP contribution is -2.00. The van der Waals surface area contributed by atoms with Gasteiger partial charge in [0.2, 0.25) is 0 Å². The van der Waals surface area contributed by atoms with Crippen molar-refractivity contribution in [2.75, 3.05) is 0 Å². The Kier molecular flexibility index (Phi) is 3.02. The molecule has 3 nitrogen and oxygen atoms in total. The normalized spacial score (nSPS) is 10.3. The molecule has 0 aliphatic carbocycles. The van der Waals surface area contributed by atoms with E-state index >= 15 is 0 Å². The fraction of sp³-hybridized carbons (Fsp3) is 0.0714. The fourth-order valence-electron chi connectivity index (χ4n) is 1.89. The molecule has 0 atom stereocenters. The Morgan fingerprint density at radius 1 is 1.17 bits per heavy atom. The molecule has 0 heterocycles. The molecule has 0 bridgehead atoms. The quantitative estimate of drug-likeness (QED) is 0.855. The second-order valence-electron chi connectivity index (χ2n) is 3.94. The van der Waals surface area contributed by atoms with E-state index in [0.717, 1.165) is 6.07 Å². The zero-order valence-corrected chi connectivity index (χ0v) is 9.64. The molecule has 0 aliphatic rings. The lowest BCUT2D eigenvalue weighted by molar-refractivity contribution is 0.0696. The predicted octanol–water partition coefficient (Wildman–Crippen LogP) is 3.20. The van der Waals surface area contributed by atoms with Crippen molar-refractivity contribution < 1.29 is 19.4 Å². The topological polar surface area (TPSA) is 57.5 Å². The molecule has 92 valence electrons. The molecule has 4 heteroatoms. The zero-order valence-electron chi connectivity index (χ0n) is 9.64. The molecule has 0 saturated carbocycles. The van der Waals surface area contributed by atoms with Gasteiger partial charge in [0, 0.05) is 11.6 Å². The second-order valence-corrected chi connectivity index (χ2v) is 3.94. The van der Waals surface area contributed by atoms with E-state index in [4.69, 9.17) is 5.11 Å².